The van der Waals surface area contributed by atoms with Gasteiger partial charge in [0.1, 0.15) is 0 Å². The van der Waals surface area contributed by atoms with Crippen molar-refractivity contribution in [1.29, 1.82) is 0 Å². The van der Waals surface area contributed by atoms with Gasteiger partial charge in [0.2, 0.25) is 0 Å². The topological polar surface area (TPSA) is 15.3 Å². The van der Waals surface area contributed by atoms with Crippen LogP contribution in [0.3, 0.4) is 0 Å². The smallest absolute Gasteiger partial charge is 0.00672 e. The van der Waals surface area contributed by atoms with E-state index < -0.39 is 0 Å². The lowest BCUT2D eigenvalue weighted by atomic mass is 9.97. The first-order valence-corrected chi connectivity index (χ1v) is 9.53. The zero-order valence-electron chi connectivity index (χ0n) is 15.2. The van der Waals surface area contributed by atoms with Crippen molar-refractivity contribution in [2.45, 2.75) is 85.1 Å². The SMILES string of the molecule is CC(C)CCC(CCC(C)C)NCCCN1CCCCC1. The quantitative estimate of drug-likeness (QED) is 0.556. The second-order valence-electron chi connectivity index (χ2n) is 7.85. The fraction of sp³-hybridized carbons (Fsp3) is 1.00. The summed E-state index contributed by atoms with van der Waals surface area (Å²) in [5, 5.41) is 3.84. The maximum atomic E-state index is 3.84. The van der Waals surface area contributed by atoms with Crippen LogP contribution in [0.5, 0.6) is 0 Å². The van der Waals surface area contributed by atoms with E-state index in [1.165, 1.54) is 77.5 Å². The van der Waals surface area contributed by atoms with Gasteiger partial charge in [0, 0.05) is 6.04 Å². The predicted molar refractivity (Wildman–Crippen MR) is 94.8 cm³/mol. The van der Waals surface area contributed by atoms with E-state index in [9.17, 15) is 0 Å². The van der Waals surface area contributed by atoms with Crippen molar-refractivity contribution < 1.29 is 0 Å². The normalized spacial score (nSPS) is 17.3. The highest BCUT2D eigenvalue weighted by Crippen LogP contribution is 2.14. The molecule has 0 amide bonds. The Morgan fingerprint density at radius 2 is 1.38 bits per heavy atom. The van der Waals surface area contributed by atoms with E-state index in [2.05, 4.69) is 37.9 Å². The Morgan fingerprint density at radius 3 is 1.90 bits per heavy atom. The minimum absolute atomic E-state index is 0.746. The van der Waals surface area contributed by atoms with E-state index >= 15 is 0 Å². The van der Waals surface area contributed by atoms with Crippen LogP contribution in [0.4, 0.5) is 0 Å². The highest BCUT2D eigenvalue weighted by Gasteiger charge is 2.12. The van der Waals surface area contributed by atoms with Gasteiger partial charge in [0.25, 0.3) is 0 Å². The van der Waals surface area contributed by atoms with Crippen LogP contribution in [0.15, 0.2) is 0 Å². The Bertz CT molecular complexity index is 220. The monoisotopic (exact) mass is 296 g/mol. The van der Waals surface area contributed by atoms with Gasteiger partial charge in [-0.05, 0) is 83.0 Å². The summed E-state index contributed by atoms with van der Waals surface area (Å²) in [4.78, 5) is 2.66. The van der Waals surface area contributed by atoms with E-state index in [1.807, 2.05) is 0 Å². The summed E-state index contributed by atoms with van der Waals surface area (Å²) in [6, 6.07) is 0.746. The zero-order chi connectivity index (χ0) is 15.5. The predicted octanol–water partition coefficient (Wildman–Crippen LogP) is 4.69. The lowest BCUT2D eigenvalue weighted by Gasteiger charge is -2.27. The molecule has 2 nitrogen and oxygen atoms in total. The van der Waals surface area contributed by atoms with Crippen LogP contribution in [0, 0.1) is 11.8 Å². The molecular formula is C19H40N2. The van der Waals surface area contributed by atoms with Crippen molar-refractivity contribution in [2.24, 2.45) is 11.8 Å². The van der Waals surface area contributed by atoms with Gasteiger partial charge in [-0.15, -0.1) is 0 Å². The van der Waals surface area contributed by atoms with Gasteiger partial charge in [0.15, 0.2) is 0 Å². The standard InChI is InChI=1S/C19H40N2/c1-17(2)9-11-19(12-10-18(3)4)20-13-8-16-21-14-6-5-7-15-21/h17-20H,5-16H2,1-4H3. The Morgan fingerprint density at radius 1 is 0.810 bits per heavy atom. The molecule has 0 unspecified atom stereocenters. The van der Waals surface area contributed by atoms with Crippen molar-refractivity contribution in [3.63, 3.8) is 0 Å². The first kappa shape index (κ1) is 19.0. The summed E-state index contributed by atoms with van der Waals surface area (Å²) in [6.45, 7) is 14.6. The Labute approximate surface area is 134 Å². The number of rotatable bonds is 11. The van der Waals surface area contributed by atoms with Crippen LogP contribution >= 0.6 is 0 Å². The Balaban J connectivity index is 2.14. The molecule has 0 bridgehead atoms. The van der Waals surface area contributed by atoms with Gasteiger partial charge in [-0.3, -0.25) is 0 Å². The number of piperidine rings is 1. The lowest BCUT2D eigenvalue weighted by Crippen LogP contribution is -2.35. The molecule has 0 radical (unpaired) electrons. The summed E-state index contributed by atoms with van der Waals surface area (Å²) in [7, 11) is 0. The average molecular weight is 297 g/mol. The second-order valence-corrected chi connectivity index (χ2v) is 7.85. The fourth-order valence-corrected chi connectivity index (χ4v) is 3.21. The Kier molecular flexibility index (Phi) is 10.4. The van der Waals surface area contributed by atoms with Gasteiger partial charge >= 0.3 is 0 Å². The molecule has 0 aromatic carbocycles. The second kappa shape index (κ2) is 11.5. The molecule has 21 heavy (non-hydrogen) atoms. The summed E-state index contributed by atoms with van der Waals surface area (Å²) >= 11 is 0. The van der Waals surface area contributed by atoms with Crippen molar-refractivity contribution in [3.05, 3.63) is 0 Å². The Hall–Kier alpha value is -0.0800. The summed E-state index contributed by atoms with van der Waals surface area (Å²) in [5.74, 6) is 1.67. The molecule has 1 N–H and O–H groups in total. The minimum atomic E-state index is 0.746. The molecule has 1 saturated heterocycles. The summed E-state index contributed by atoms with van der Waals surface area (Å²) < 4.78 is 0. The molecule has 2 heteroatoms. The number of nitrogens with one attached hydrogen (secondary N) is 1. The lowest BCUT2D eigenvalue weighted by molar-refractivity contribution is 0.224. The zero-order valence-corrected chi connectivity index (χ0v) is 15.2. The first-order valence-electron chi connectivity index (χ1n) is 9.53. The maximum Gasteiger partial charge on any atom is 0.00672 e. The molecular weight excluding hydrogens is 256 g/mol. The van der Waals surface area contributed by atoms with Gasteiger partial charge in [-0.25, -0.2) is 0 Å². The summed E-state index contributed by atoms with van der Waals surface area (Å²) in [6.07, 6.45) is 11.0. The largest absolute Gasteiger partial charge is 0.314 e. The van der Waals surface area contributed by atoms with E-state index in [4.69, 9.17) is 0 Å². The molecule has 1 aliphatic rings. The van der Waals surface area contributed by atoms with Crippen molar-refractivity contribution >= 4 is 0 Å². The third-order valence-electron chi connectivity index (χ3n) is 4.72. The molecule has 0 aromatic rings. The van der Waals surface area contributed by atoms with Crippen molar-refractivity contribution in [2.75, 3.05) is 26.2 Å². The highest BCUT2D eigenvalue weighted by molar-refractivity contribution is 4.70. The molecule has 1 aliphatic heterocycles. The average Bonchev–Trinajstić information content (AvgIpc) is 2.46. The van der Waals surface area contributed by atoms with E-state index in [0.717, 1.165) is 17.9 Å². The molecule has 1 fully saturated rings. The molecule has 0 aliphatic carbocycles. The van der Waals surface area contributed by atoms with Crippen LogP contribution in [0.1, 0.15) is 79.1 Å². The molecule has 0 atom stereocenters. The molecule has 126 valence electrons. The molecule has 1 heterocycles. The third-order valence-corrected chi connectivity index (χ3v) is 4.72. The number of likely N-dealkylation sites (tertiary alicyclic amines) is 1. The molecule has 0 spiro atoms. The number of hydrogen-bond donors (Lipinski definition) is 1. The molecule has 1 rings (SSSR count). The van der Waals surface area contributed by atoms with E-state index in [-0.39, 0.29) is 0 Å². The molecule has 0 saturated carbocycles. The van der Waals surface area contributed by atoms with Crippen LogP contribution < -0.4 is 5.32 Å². The van der Waals surface area contributed by atoms with Gasteiger partial charge in [-0.1, -0.05) is 34.1 Å². The van der Waals surface area contributed by atoms with E-state index in [1.54, 1.807) is 0 Å². The van der Waals surface area contributed by atoms with Gasteiger partial charge in [0.05, 0.1) is 0 Å². The minimum Gasteiger partial charge on any atom is -0.314 e. The summed E-state index contributed by atoms with van der Waals surface area (Å²) in [5.41, 5.74) is 0. The first-order chi connectivity index (χ1) is 10.1. The number of nitrogens with zero attached hydrogens (tertiary/aromatic N) is 1. The number of hydrogen-bond acceptors (Lipinski definition) is 2. The van der Waals surface area contributed by atoms with Crippen LogP contribution in [-0.2, 0) is 0 Å². The van der Waals surface area contributed by atoms with Crippen LogP contribution in [0.2, 0.25) is 0 Å². The van der Waals surface area contributed by atoms with Crippen molar-refractivity contribution in [3.8, 4) is 0 Å². The van der Waals surface area contributed by atoms with Gasteiger partial charge in [-0.2, -0.15) is 0 Å². The van der Waals surface area contributed by atoms with Gasteiger partial charge < -0.3 is 10.2 Å². The maximum absolute atomic E-state index is 3.84. The van der Waals surface area contributed by atoms with Crippen LogP contribution in [0.25, 0.3) is 0 Å². The third kappa shape index (κ3) is 10.3. The fourth-order valence-electron chi connectivity index (χ4n) is 3.21. The molecule has 0 aromatic heterocycles. The van der Waals surface area contributed by atoms with Crippen LogP contribution in [-0.4, -0.2) is 37.1 Å². The van der Waals surface area contributed by atoms with Crippen molar-refractivity contribution in [1.82, 2.24) is 10.2 Å². The highest BCUT2D eigenvalue weighted by atomic mass is 15.1. The van der Waals surface area contributed by atoms with E-state index in [0.29, 0.717) is 0 Å².